The van der Waals surface area contributed by atoms with Crippen molar-refractivity contribution in [2.24, 2.45) is 0 Å². The van der Waals surface area contributed by atoms with Crippen LogP contribution in [-0.2, 0) is 11.2 Å². The molecule has 0 atom stereocenters. The lowest BCUT2D eigenvalue weighted by atomic mass is 10.2. The molecule has 0 saturated heterocycles. The number of carbonyl (C=O) groups is 1. The second kappa shape index (κ2) is 5.73. The van der Waals surface area contributed by atoms with Crippen LogP contribution in [0.2, 0.25) is 0 Å². The van der Waals surface area contributed by atoms with E-state index in [0.717, 1.165) is 10.9 Å². The van der Waals surface area contributed by atoms with E-state index >= 15 is 0 Å². The normalized spacial score (nSPS) is 10.3. The van der Waals surface area contributed by atoms with Crippen molar-refractivity contribution in [1.29, 1.82) is 0 Å². The molecule has 1 aromatic heterocycles. The molecule has 2 rings (SSSR count). The third-order valence-electron chi connectivity index (χ3n) is 2.33. The van der Waals surface area contributed by atoms with Gasteiger partial charge in [0.25, 0.3) is 0 Å². The molecule has 0 aliphatic heterocycles. The monoisotopic (exact) mass is 268 g/mol. The molecule has 5 heteroatoms. The van der Waals surface area contributed by atoms with Gasteiger partial charge < -0.3 is 4.74 Å². The molecule has 0 saturated carbocycles. The molecule has 1 heterocycles. The van der Waals surface area contributed by atoms with E-state index in [1.165, 1.54) is 12.1 Å². The molecule has 0 radical (unpaired) electrons. The predicted molar refractivity (Wildman–Crippen MR) is 64.7 cm³/mol. The first-order chi connectivity index (χ1) is 8.68. The fourth-order valence-corrected chi connectivity index (χ4v) is 2.13. The highest BCUT2D eigenvalue weighted by Gasteiger charge is 2.16. The van der Waals surface area contributed by atoms with Crippen molar-refractivity contribution < 1.29 is 18.3 Å². The predicted octanol–water partition coefficient (Wildman–Crippen LogP) is 3.43. The van der Waals surface area contributed by atoms with Gasteiger partial charge in [-0.25, -0.2) is 13.6 Å². The van der Waals surface area contributed by atoms with E-state index in [9.17, 15) is 13.6 Å². The minimum Gasteiger partial charge on any atom is -0.462 e. The first-order valence-corrected chi connectivity index (χ1v) is 6.20. The Balaban J connectivity index is 1.93. The summed E-state index contributed by atoms with van der Waals surface area (Å²) in [6, 6.07) is 7.24. The Bertz CT molecular complexity index is 538. The van der Waals surface area contributed by atoms with Crippen LogP contribution in [-0.4, -0.2) is 12.6 Å². The summed E-state index contributed by atoms with van der Waals surface area (Å²) < 4.78 is 31.1. The van der Waals surface area contributed by atoms with Crippen LogP contribution in [0, 0.1) is 11.6 Å². The summed E-state index contributed by atoms with van der Waals surface area (Å²) in [5.74, 6) is -3.06. The van der Waals surface area contributed by atoms with Crippen molar-refractivity contribution in [2.45, 2.75) is 6.42 Å². The van der Waals surface area contributed by atoms with Crippen molar-refractivity contribution in [1.82, 2.24) is 0 Å². The molecule has 1 aromatic carbocycles. The summed E-state index contributed by atoms with van der Waals surface area (Å²) >= 11 is 1.55. The van der Waals surface area contributed by atoms with Gasteiger partial charge in [0.05, 0.1) is 12.2 Å². The number of carbonyl (C=O) groups excluding carboxylic acids is 1. The van der Waals surface area contributed by atoms with Gasteiger partial charge in [0.1, 0.15) is 0 Å². The first kappa shape index (κ1) is 12.7. The van der Waals surface area contributed by atoms with Crippen LogP contribution in [0.15, 0.2) is 35.7 Å². The van der Waals surface area contributed by atoms with Gasteiger partial charge in [-0.05, 0) is 23.6 Å². The number of esters is 1. The van der Waals surface area contributed by atoms with Crippen molar-refractivity contribution in [3.05, 3.63) is 57.8 Å². The van der Waals surface area contributed by atoms with Crippen molar-refractivity contribution >= 4 is 17.3 Å². The van der Waals surface area contributed by atoms with Crippen molar-refractivity contribution in [3.63, 3.8) is 0 Å². The highest BCUT2D eigenvalue weighted by molar-refractivity contribution is 7.09. The van der Waals surface area contributed by atoms with E-state index in [2.05, 4.69) is 0 Å². The lowest BCUT2D eigenvalue weighted by Crippen LogP contribution is -2.10. The number of rotatable bonds is 4. The summed E-state index contributed by atoms with van der Waals surface area (Å²) in [7, 11) is 0. The maximum atomic E-state index is 13.3. The van der Waals surface area contributed by atoms with Gasteiger partial charge in [-0.15, -0.1) is 11.3 Å². The fourth-order valence-electron chi connectivity index (χ4n) is 1.44. The maximum absolute atomic E-state index is 13.3. The highest BCUT2D eigenvalue weighted by Crippen LogP contribution is 2.13. The number of halogens is 2. The molecule has 0 aliphatic rings. The van der Waals surface area contributed by atoms with E-state index < -0.39 is 17.6 Å². The zero-order chi connectivity index (χ0) is 13.0. The average Bonchev–Trinajstić information content (AvgIpc) is 2.85. The van der Waals surface area contributed by atoms with Crippen LogP contribution < -0.4 is 0 Å². The molecule has 0 N–H and O–H groups in total. The number of hydrogen-bond donors (Lipinski definition) is 0. The fraction of sp³-hybridized carbons (Fsp3) is 0.154. The van der Waals surface area contributed by atoms with Crippen LogP contribution in [0.4, 0.5) is 8.78 Å². The molecule has 0 aliphatic carbocycles. The Kier molecular flexibility index (Phi) is 4.04. The standard InChI is InChI=1S/C13H10F2O2S/c14-11-5-1-4-10(12(11)15)13(16)17-7-6-9-3-2-8-18-9/h1-5,8H,6-7H2. The number of ether oxygens (including phenoxy) is 1. The van der Waals surface area contributed by atoms with Crippen LogP contribution in [0.1, 0.15) is 15.2 Å². The molecule has 2 nitrogen and oxygen atoms in total. The average molecular weight is 268 g/mol. The maximum Gasteiger partial charge on any atom is 0.341 e. The third kappa shape index (κ3) is 2.92. The molecule has 2 aromatic rings. The molecule has 0 bridgehead atoms. The first-order valence-electron chi connectivity index (χ1n) is 5.32. The summed E-state index contributed by atoms with van der Waals surface area (Å²) in [6.07, 6.45) is 0.570. The zero-order valence-electron chi connectivity index (χ0n) is 9.36. The van der Waals surface area contributed by atoms with Crippen LogP contribution in [0.3, 0.4) is 0 Å². The molecule has 94 valence electrons. The van der Waals surface area contributed by atoms with Crippen LogP contribution in [0.25, 0.3) is 0 Å². The molecular formula is C13H10F2O2S. The van der Waals surface area contributed by atoms with E-state index in [1.54, 1.807) is 11.3 Å². The number of thiophene rings is 1. The Morgan fingerprint density at radius 3 is 2.78 bits per heavy atom. The highest BCUT2D eigenvalue weighted by atomic mass is 32.1. The van der Waals surface area contributed by atoms with Crippen LogP contribution >= 0.6 is 11.3 Å². The lowest BCUT2D eigenvalue weighted by Gasteiger charge is -2.05. The van der Waals surface area contributed by atoms with Gasteiger partial charge in [-0.1, -0.05) is 12.1 Å². The van der Waals surface area contributed by atoms with E-state index in [1.807, 2.05) is 17.5 Å². The van der Waals surface area contributed by atoms with Gasteiger partial charge in [-0.2, -0.15) is 0 Å². The molecule has 18 heavy (non-hydrogen) atoms. The minimum atomic E-state index is -1.17. The number of hydrogen-bond acceptors (Lipinski definition) is 3. The minimum absolute atomic E-state index is 0.148. The third-order valence-corrected chi connectivity index (χ3v) is 3.27. The second-order valence-corrected chi connectivity index (χ2v) is 4.60. The van der Waals surface area contributed by atoms with Crippen molar-refractivity contribution in [3.8, 4) is 0 Å². The molecule has 0 spiro atoms. The van der Waals surface area contributed by atoms with E-state index in [0.29, 0.717) is 6.42 Å². The lowest BCUT2D eigenvalue weighted by molar-refractivity contribution is 0.0503. The summed E-state index contributed by atoms with van der Waals surface area (Å²) in [6.45, 7) is 0.148. The Labute approximate surface area is 107 Å². The quantitative estimate of drug-likeness (QED) is 0.794. The Hall–Kier alpha value is -1.75. The molecule has 0 unspecified atom stereocenters. The summed E-state index contributed by atoms with van der Waals surface area (Å²) in [5, 5.41) is 1.92. The summed E-state index contributed by atoms with van der Waals surface area (Å²) in [4.78, 5) is 12.6. The largest absolute Gasteiger partial charge is 0.462 e. The molecular weight excluding hydrogens is 258 g/mol. The van der Waals surface area contributed by atoms with Gasteiger partial charge in [0.15, 0.2) is 11.6 Å². The van der Waals surface area contributed by atoms with Crippen molar-refractivity contribution in [2.75, 3.05) is 6.61 Å². The van der Waals surface area contributed by atoms with Gasteiger partial charge >= 0.3 is 5.97 Å². The van der Waals surface area contributed by atoms with Gasteiger partial charge in [0.2, 0.25) is 0 Å². The second-order valence-electron chi connectivity index (χ2n) is 3.57. The zero-order valence-corrected chi connectivity index (χ0v) is 10.2. The number of benzene rings is 1. The Morgan fingerprint density at radius 1 is 1.22 bits per heavy atom. The summed E-state index contributed by atoms with van der Waals surface area (Å²) in [5.41, 5.74) is -0.374. The molecule has 0 fully saturated rings. The van der Waals surface area contributed by atoms with E-state index in [-0.39, 0.29) is 12.2 Å². The van der Waals surface area contributed by atoms with Gasteiger partial charge in [-0.3, -0.25) is 0 Å². The topological polar surface area (TPSA) is 26.3 Å². The smallest absolute Gasteiger partial charge is 0.341 e. The van der Waals surface area contributed by atoms with E-state index in [4.69, 9.17) is 4.74 Å². The Morgan fingerprint density at radius 2 is 2.06 bits per heavy atom. The van der Waals surface area contributed by atoms with Gasteiger partial charge in [0, 0.05) is 11.3 Å². The molecule has 0 amide bonds. The van der Waals surface area contributed by atoms with Crippen LogP contribution in [0.5, 0.6) is 0 Å². The SMILES string of the molecule is O=C(OCCc1cccs1)c1cccc(F)c1F.